The average molecular weight is 283 g/mol. The first-order valence-corrected chi connectivity index (χ1v) is 5.82. The lowest BCUT2D eigenvalue weighted by Crippen LogP contribution is -2.35. The lowest BCUT2D eigenvalue weighted by Gasteiger charge is -2.14. The van der Waals surface area contributed by atoms with Crippen LogP contribution < -0.4 is 20.5 Å². The summed E-state index contributed by atoms with van der Waals surface area (Å²) in [5.41, 5.74) is 6.02. The van der Waals surface area contributed by atoms with Crippen LogP contribution in [0.2, 0.25) is 5.02 Å². The third-order valence-electron chi connectivity index (χ3n) is 2.41. The van der Waals surface area contributed by atoms with Crippen LogP contribution in [0.1, 0.15) is 6.42 Å². The molecule has 0 bridgehead atoms. The molecule has 0 saturated heterocycles. The van der Waals surface area contributed by atoms with Crippen LogP contribution in [0.25, 0.3) is 0 Å². The molecule has 1 unspecified atom stereocenters. The van der Waals surface area contributed by atoms with Crippen molar-refractivity contribution in [2.45, 2.75) is 12.5 Å². The molecule has 19 heavy (non-hydrogen) atoms. The van der Waals surface area contributed by atoms with E-state index in [1.165, 1.54) is 20.3 Å². The zero-order valence-corrected chi connectivity index (χ0v) is 11.5. The molecule has 1 aromatic carbocycles. The molecule has 0 saturated carbocycles. The molecule has 0 spiro atoms. The Labute approximate surface area is 117 Å². The fourth-order valence-electron chi connectivity index (χ4n) is 1.40. The maximum Gasteiger partial charge on any atom is 0.242 e. The summed E-state index contributed by atoms with van der Waals surface area (Å²) in [6.45, 7) is 0. The summed E-state index contributed by atoms with van der Waals surface area (Å²) >= 11 is 5.99. The van der Waals surface area contributed by atoms with Gasteiger partial charge < -0.3 is 20.5 Å². The number of terminal acetylenes is 1. The second-order valence-corrected chi connectivity index (χ2v) is 4.10. The van der Waals surface area contributed by atoms with Crippen molar-refractivity contribution < 1.29 is 14.3 Å². The Bertz CT molecular complexity index is 511. The van der Waals surface area contributed by atoms with Crippen LogP contribution in [0.5, 0.6) is 11.5 Å². The summed E-state index contributed by atoms with van der Waals surface area (Å²) in [5, 5.41) is 2.96. The largest absolute Gasteiger partial charge is 0.495 e. The maximum absolute atomic E-state index is 11.8. The predicted molar refractivity (Wildman–Crippen MR) is 74.6 cm³/mol. The highest BCUT2D eigenvalue weighted by Gasteiger charge is 2.16. The molecule has 1 aromatic rings. The van der Waals surface area contributed by atoms with Gasteiger partial charge in [0.05, 0.1) is 31.0 Å². The first kappa shape index (κ1) is 15.2. The van der Waals surface area contributed by atoms with Gasteiger partial charge in [0.25, 0.3) is 0 Å². The quantitative estimate of drug-likeness (QED) is 0.806. The lowest BCUT2D eigenvalue weighted by molar-refractivity contribution is -0.117. The Morgan fingerprint density at radius 1 is 1.47 bits per heavy atom. The summed E-state index contributed by atoms with van der Waals surface area (Å²) in [7, 11) is 2.96. The number of hydrogen-bond donors (Lipinski definition) is 2. The van der Waals surface area contributed by atoms with E-state index in [1.807, 2.05) is 0 Å². The molecule has 5 nitrogen and oxygen atoms in total. The van der Waals surface area contributed by atoms with Gasteiger partial charge in [-0.25, -0.2) is 0 Å². The molecule has 0 heterocycles. The molecule has 0 aliphatic heterocycles. The van der Waals surface area contributed by atoms with Crippen molar-refractivity contribution in [2.24, 2.45) is 5.73 Å². The summed E-state index contributed by atoms with van der Waals surface area (Å²) in [5.74, 6) is 2.79. The fraction of sp³-hybridized carbons (Fsp3) is 0.308. The topological polar surface area (TPSA) is 73.6 Å². The standard InChI is InChI=1S/C13H15ClN2O3/c1-4-5-9(15)13(17)16-10-6-8(14)11(18-2)7-12(10)19-3/h1,6-7,9H,5,15H2,2-3H3,(H,16,17). The van der Waals surface area contributed by atoms with Crippen LogP contribution in [0.3, 0.4) is 0 Å². The summed E-state index contributed by atoms with van der Waals surface area (Å²) in [4.78, 5) is 11.8. The molecule has 102 valence electrons. The number of ether oxygens (including phenoxy) is 2. The van der Waals surface area contributed by atoms with E-state index in [9.17, 15) is 4.79 Å². The van der Waals surface area contributed by atoms with Gasteiger partial charge in [0.1, 0.15) is 11.5 Å². The molecule has 1 atom stereocenters. The van der Waals surface area contributed by atoms with E-state index in [2.05, 4.69) is 11.2 Å². The number of halogens is 1. The highest BCUT2D eigenvalue weighted by atomic mass is 35.5. The van der Waals surface area contributed by atoms with Gasteiger partial charge in [-0.3, -0.25) is 4.79 Å². The van der Waals surface area contributed by atoms with Crippen molar-refractivity contribution in [2.75, 3.05) is 19.5 Å². The van der Waals surface area contributed by atoms with Crippen LogP contribution in [-0.4, -0.2) is 26.2 Å². The number of anilines is 1. The number of nitrogens with one attached hydrogen (secondary N) is 1. The van der Waals surface area contributed by atoms with Gasteiger partial charge in [-0.05, 0) is 6.07 Å². The van der Waals surface area contributed by atoms with Gasteiger partial charge >= 0.3 is 0 Å². The van der Waals surface area contributed by atoms with Crippen LogP contribution in [0.15, 0.2) is 12.1 Å². The molecule has 3 N–H and O–H groups in total. The van der Waals surface area contributed by atoms with Crippen molar-refractivity contribution in [1.29, 1.82) is 0 Å². The van der Waals surface area contributed by atoms with Gasteiger partial charge in [0.15, 0.2) is 0 Å². The zero-order valence-electron chi connectivity index (χ0n) is 10.7. The van der Waals surface area contributed by atoms with Crippen molar-refractivity contribution in [1.82, 2.24) is 0 Å². The van der Waals surface area contributed by atoms with E-state index in [1.54, 1.807) is 6.07 Å². The van der Waals surface area contributed by atoms with E-state index in [4.69, 9.17) is 33.2 Å². The molecule has 0 aliphatic carbocycles. The maximum atomic E-state index is 11.8. The normalized spacial score (nSPS) is 11.3. The number of rotatable bonds is 5. The number of amides is 1. The van der Waals surface area contributed by atoms with Gasteiger partial charge in [-0.15, -0.1) is 12.3 Å². The minimum Gasteiger partial charge on any atom is -0.495 e. The Morgan fingerprint density at radius 2 is 2.11 bits per heavy atom. The zero-order chi connectivity index (χ0) is 14.4. The molecular formula is C13H15ClN2O3. The number of hydrogen-bond acceptors (Lipinski definition) is 4. The molecular weight excluding hydrogens is 268 g/mol. The number of nitrogens with two attached hydrogens (primary N) is 1. The summed E-state index contributed by atoms with van der Waals surface area (Å²) in [6.07, 6.45) is 5.26. The third kappa shape index (κ3) is 3.78. The number of benzene rings is 1. The van der Waals surface area contributed by atoms with E-state index >= 15 is 0 Å². The van der Waals surface area contributed by atoms with Crippen LogP contribution in [0, 0.1) is 12.3 Å². The van der Waals surface area contributed by atoms with E-state index in [0.29, 0.717) is 22.2 Å². The van der Waals surface area contributed by atoms with E-state index < -0.39 is 11.9 Å². The Morgan fingerprint density at radius 3 is 2.63 bits per heavy atom. The van der Waals surface area contributed by atoms with Crippen molar-refractivity contribution in [3.05, 3.63) is 17.2 Å². The first-order valence-electron chi connectivity index (χ1n) is 5.45. The Kier molecular flexibility index (Phi) is 5.49. The highest BCUT2D eigenvalue weighted by Crippen LogP contribution is 2.35. The monoisotopic (exact) mass is 282 g/mol. The average Bonchev–Trinajstić information content (AvgIpc) is 2.39. The van der Waals surface area contributed by atoms with E-state index in [-0.39, 0.29) is 6.42 Å². The SMILES string of the molecule is C#CCC(N)C(=O)Nc1cc(Cl)c(OC)cc1OC. The Balaban J connectivity index is 2.98. The molecule has 1 amide bonds. The number of methoxy groups -OCH3 is 2. The Hall–Kier alpha value is -1.90. The van der Waals surface area contributed by atoms with Crippen molar-refractivity contribution in [3.8, 4) is 23.8 Å². The second kappa shape index (κ2) is 6.88. The van der Waals surface area contributed by atoms with Gasteiger partial charge in [-0.1, -0.05) is 11.6 Å². The van der Waals surface area contributed by atoms with Crippen LogP contribution in [-0.2, 0) is 4.79 Å². The molecule has 0 radical (unpaired) electrons. The van der Waals surface area contributed by atoms with Crippen molar-refractivity contribution in [3.63, 3.8) is 0 Å². The number of carbonyl (C=O) groups is 1. The van der Waals surface area contributed by atoms with Crippen LogP contribution >= 0.6 is 11.6 Å². The highest BCUT2D eigenvalue weighted by molar-refractivity contribution is 6.32. The molecule has 0 fully saturated rings. The minimum absolute atomic E-state index is 0.151. The first-order chi connectivity index (χ1) is 9.03. The molecule has 1 rings (SSSR count). The number of carbonyl (C=O) groups excluding carboxylic acids is 1. The second-order valence-electron chi connectivity index (χ2n) is 3.69. The van der Waals surface area contributed by atoms with Crippen molar-refractivity contribution >= 4 is 23.2 Å². The van der Waals surface area contributed by atoms with Crippen LogP contribution in [0.4, 0.5) is 5.69 Å². The molecule has 0 aromatic heterocycles. The predicted octanol–water partition coefficient (Wildman–Crippen LogP) is 1.65. The van der Waals surface area contributed by atoms with Gasteiger partial charge in [0.2, 0.25) is 5.91 Å². The minimum atomic E-state index is -0.782. The van der Waals surface area contributed by atoms with Gasteiger partial charge in [0, 0.05) is 12.5 Å². The summed E-state index contributed by atoms with van der Waals surface area (Å²) in [6, 6.07) is 2.32. The third-order valence-corrected chi connectivity index (χ3v) is 2.70. The molecule has 6 heteroatoms. The smallest absolute Gasteiger partial charge is 0.242 e. The molecule has 0 aliphatic rings. The lowest BCUT2D eigenvalue weighted by atomic mass is 10.2. The summed E-state index contributed by atoms with van der Waals surface area (Å²) < 4.78 is 10.2. The van der Waals surface area contributed by atoms with Gasteiger partial charge in [-0.2, -0.15) is 0 Å². The fourth-order valence-corrected chi connectivity index (χ4v) is 1.64. The van der Waals surface area contributed by atoms with E-state index in [0.717, 1.165) is 0 Å².